The van der Waals surface area contributed by atoms with E-state index in [0.29, 0.717) is 0 Å². The fraction of sp³-hybridized carbons (Fsp3) is 0.909. The average Bonchev–Trinajstić information content (AvgIpc) is 2.18. The monoisotopic (exact) mass is 201 g/mol. The maximum atomic E-state index is 11.6. The van der Waals surface area contributed by atoms with E-state index < -0.39 is 0 Å². The van der Waals surface area contributed by atoms with Crippen LogP contribution in [0.15, 0.2) is 0 Å². The van der Waals surface area contributed by atoms with E-state index in [-0.39, 0.29) is 24.5 Å². The van der Waals surface area contributed by atoms with Crippen molar-refractivity contribution in [3.8, 4) is 0 Å². The summed E-state index contributed by atoms with van der Waals surface area (Å²) >= 11 is 0. The summed E-state index contributed by atoms with van der Waals surface area (Å²) in [4.78, 5) is 11.6. The lowest BCUT2D eigenvalue weighted by atomic mass is 9.98. The van der Waals surface area contributed by atoms with Crippen LogP contribution in [-0.2, 0) is 4.79 Å². The number of aliphatic hydroxyl groups is 1. The molecule has 0 radical (unpaired) electrons. The zero-order chi connectivity index (χ0) is 11.0. The molecule has 0 aromatic heterocycles. The van der Waals surface area contributed by atoms with Crippen LogP contribution in [0.5, 0.6) is 0 Å². The van der Waals surface area contributed by atoms with Crippen LogP contribution in [-0.4, -0.2) is 23.7 Å². The molecule has 84 valence electrons. The number of unbranched alkanes of at least 4 members (excludes halogenated alkanes) is 1. The van der Waals surface area contributed by atoms with Gasteiger partial charge in [-0.25, -0.2) is 0 Å². The molecule has 1 amide bonds. The molecule has 1 unspecified atom stereocenters. The molecule has 0 rings (SSSR count). The van der Waals surface area contributed by atoms with Gasteiger partial charge in [-0.1, -0.05) is 26.7 Å². The average molecular weight is 201 g/mol. The summed E-state index contributed by atoms with van der Waals surface area (Å²) < 4.78 is 0. The first-order valence-electron chi connectivity index (χ1n) is 5.56. The highest BCUT2D eigenvalue weighted by molar-refractivity contribution is 5.78. The lowest BCUT2D eigenvalue weighted by Crippen LogP contribution is -2.39. The Bertz CT molecular complexity index is 159. The van der Waals surface area contributed by atoms with Gasteiger partial charge in [0.05, 0.1) is 6.61 Å². The summed E-state index contributed by atoms with van der Waals surface area (Å²) in [6.07, 6.45) is 4.06. The quantitative estimate of drug-likeness (QED) is 0.658. The molecule has 0 bridgehead atoms. The van der Waals surface area contributed by atoms with Gasteiger partial charge in [0.1, 0.15) is 0 Å². The predicted molar refractivity (Wildman–Crippen MR) is 58.0 cm³/mol. The Morgan fingerprint density at radius 2 is 2.07 bits per heavy atom. The van der Waals surface area contributed by atoms with Crippen LogP contribution in [0.3, 0.4) is 0 Å². The first kappa shape index (κ1) is 13.4. The van der Waals surface area contributed by atoms with Crippen molar-refractivity contribution in [1.82, 2.24) is 5.32 Å². The van der Waals surface area contributed by atoms with Crippen molar-refractivity contribution < 1.29 is 9.90 Å². The van der Waals surface area contributed by atoms with Gasteiger partial charge in [-0.05, 0) is 19.8 Å². The predicted octanol–water partition coefficient (Wildman–Crippen LogP) is 1.70. The first-order valence-corrected chi connectivity index (χ1v) is 5.56. The van der Waals surface area contributed by atoms with Crippen molar-refractivity contribution in [3.05, 3.63) is 0 Å². The zero-order valence-electron chi connectivity index (χ0n) is 9.55. The number of amides is 1. The molecule has 0 aliphatic carbocycles. The number of carbonyl (C=O) groups excluding carboxylic acids is 1. The van der Waals surface area contributed by atoms with Crippen LogP contribution in [0, 0.1) is 5.92 Å². The largest absolute Gasteiger partial charge is 0.394 e. The fourth-order valence-electron chi connectivity index (χ4n) is 1.38. The summed E-state index contributed by atoms with van der Waals surface area (Å²) in [6, 6.07) is -0.127. The Kier molecular flexibility index (Phi) is 7.48. The second-order valence-electron chi connectivity index (χ2n) is 3.84. The highest BCUT2D eigenvalue weighted by Crippen LogP contribution is 2.12. The third kappa shape index (κ3) is 5.22. The standard InChI is InChI=1S/C11H23NO2/c1-4-6-7-10(5-2)11(14)12-9(3)8-13/h9-10,13H,4-8H2,1-3H3,(H,12,14)/t9-,10?/m0/s1. The Hall–Kier alpha value is -0.570. The van der Waals surface area contributed by atoms with Crippen LogP contribution in [0.2, 0.25) is 0 Å². The molecule has 3 heteroatoms. The van der Waals surface area contributed by atoms with Crippen molar-refractivity contribution in [2.24, 2.45) is 5.92 Å². The molecule has 0 aliphatic rings. The van der Waals surface area contributed by atoms with E-state index in [0.717, 1.165) is 25.7 Å². The van der Waals surface area contributed by atoms with Gasteiger partial charge in [0.15, 0.2) is 0 Å². The molecule has 3 nitrogen and oxygen atoms in total. The van der Waals surface area contributed by atoms with Gasteiger partial charge in [-0.3, -0.25) is 4.79 Å². The SMILES string of the molecule is CCCCC(CC)C(=O)N[C@@H](C)CO. The molecular weight excluding hydrogens is 178 g/mol. The van der Waals surface area contributed by atoms with Crippen molar-refractivity contribution >= 4 is 5.91 Å². The molecule has 0 aromatic carbocycles. The Morgan fingerprint density at radius 3 is 2.50 bits per heavy atom. The highest BCUT2D eigenvalue weighted by atomic mass is 16.3. The normalized spacial score (nSPS) is 14.9. The van der Waals surface area contributed by atoms with Gasteiger partial charge in [0.2, 0.25) is 5.91 Å². The van der Waals surface area contributed by atoms with E-state index in [2.05, 4.69) is 12.2 Å². The summed E-state index contributed by atoms with van der Waals surface area (Å²) in [5.74, 6) is 0.200. The summed E-state index contributed by atoms with van der Waals surface area (Å²) in [5, 5.41) is 11.6. The second-order valence-corrected chi connectivity index (χ2v) is 3.84. The van der Waals surface area contributed by atoms with E-state index in [4.69, 9.17) is 5.11 Å². The minimum atomic E-state index is -0.127. The molecule has 14 heavy (non-hydrogen) atoms. The number of carbonyl (C=O) groups is 1. The lowest BCUT2D eigenvalue weighted by molar-refractivity contribution is -0.126. The smallest absolute Gasteiger partial charge is 0.223 e. The number of rotatable bonds is 7. The van der Waals surface area contributed by atoms with Crippen LogP contribution >= 0.6 is 0 Å². The van der Waals surface area contributed by atoms with Gasteiger partial charge < -0.3 is 10.4 Å². The molecule has 0 saturated heterocycles. The maximum absolute atomic E-state index is 11.6. The third-order valence-corrected chi connectivity index (χ3v) is 2.43. The third-order valence-electron chi connectivity index (χ3n) is 2.43. The van der Waals surface area contributed by atoms with Crippen LogP contribution in [0.4, 0.5) is 0 Å². The van der Waals surface area contributed by atoms with Crippen molar-refractivity contribution in [1.29, 1.82) is 0 Å². The van der Waals surface area contributed by atoms with Gasteiger partial charge in [-0.15, -0.1) is 0 Å². The number of hydrogen-bond donors (Lipinski definition) is 2. The number of nitrogens with one attached hydrogen (secondary N) is 1. The summed E-state index contributed by atoms with van der Waals surface area (Å²) in [6.45, 7) is 5.98. The van der Waals surface area contributed by atoms with E-state index >= 15 is 0 Å². The molecule has 0 fully saturated rings. The molecule has 0 spiro atoms. The summed E-state index contributed by atoms with van der Waals surface area (Å²) in [5.41, 5.74) is 0. The highest BCUT2D eigenvalue weighted by Gasteiger charge is 2.16. The zero-order valence-corrected chi connectivity index (χ0v) is 9.55. The minimum Gasteiger partial charge on any atom is -0.394 e. The minimum absolute atomic E-state index is 0.00987. The molecule has 2 atom stereocenters. The van der Waals surface area contributed by atoms with Crippen molar-refractivity contribution in [2.75, 3.05) is 6.61 Å². The summed E-state index contributed by atoms with van der Waals surface area (Å²) in [7, 11) is 0. The molecule has 0 aromatic rings. The van der Waals surface area contributed by atoms with Gasteiger partial charge in [-0.2, -0.15) is 0 Å². The van der Waals surface area contributed by atoms with Gasteiger partial charge >= 0.3 is 0 Å². The molecule has 2 N–H and O–H groups in total. The molecule has 0 saturated carbocycles. The van der Waals surface area contributed by atoms with Gasteiger partial charge in [0, 0.05) is 12.0 Å². The van der Waals surface area contributed by atoms with Crippen molar-refractivity contribution in [2.45, 2.75) is 52.5 Å². The van der Waals surface area contributed by atoms with Crippen LogP contribution in [0.1, 0.15) is 46.5 Å². The Labute approximate surface area is 86.9 Å². The number of hydrogen-bond acceptors (Lipinski definition) is 2. The molecular formula is C11H23NO2. The Balaban J connectivity index is 3.90. The lowest BCUT2D eigenvalue weighted by Gasteiger charge is -2.17. The van der Waals surface area contributed by atoms with Crippen LogP contribution < -0.4 is 5.32 Å². The van der Waals surface area contributed by atoms with E-state index in [1.807, 2.05) is 13.8 Å². The van der Waals surface area contributed by atoms with E-state index in [9.17, 15) is 4.79 Å². The fourth-order valence-corrected chi connectivity index (χ4v) is 1.38. The second kappa shape index (κ2) is 7.80. The van der Waals surface area contributed by atoms with E-state index in [1.54, 1.807) is 0 Å². The van der Waals surface area contributed by atoms with Crippen molar-refractivity contribution in [3.63, 3.8) is 0 Å². The Morgan fingerprint density at radius 1 is 1.43 bits per heavy atom. The topological polar surface area (TPSA) is 49.3 Å². The first-order chi connectivity index (χ1) is 6.65. The van der Waals surface area contributed by atoms with Crippen LogP contribution in [0.25, 0.3) is 0 Å². The number of aliphatic hydroxyl groups excluding tert-OH is 1. The maximum Gasteiger partial charge on any atom is 0.223 e. The van der Waals surface area contributed by atoms with E-state index in [1.165, 1.54) is 0 Å². The molecule has 0 heterocycles. The molecule has 0 aliphatic heterocycles. The van der Waals surface area contributed by atoms with Gasteiger partial charge in [0.25, 0.3) is 0 Å².